The Hall–Kier alpha value is 0.660. The first-order valence-electron chi connectivity index (χ1n) is 4.71. The van der Waals surface area contributed by atoms with Crippen LogP contribution in [0, 0.1) is 0 Å². The second-order valence-electron chi connectivity index (χ2n) is 3.83. The lowest BCUT2D eigenvalue weighted by molar-refractivity contribution is 0.549. The summed E-state index contributed by atoms with van der Waals surface area (Å²) in [7, 11) is 0. The Kier molecular flexibility index (Phi) is 2.93. The summed E-state index contributed by atoms with van der Waals surface area (Å²) in [5.74, 6) is 2.70. The summed E-state index contributed by atoms with van der Waals surface area (Å²) in [4.78, 5) is 0. The topological polar surface area (TPSA) is 12.0 Å². The molecule has 0 spiro atoms. The zero-order valence-electron chi connectivity index (χ0n) is 7.64. The maximum Gasteiger partial charge on any atom is 0.0282 e. The third kappa shape index (κ3) is 2.12. The summed E-state index contributed by atoms with van der Waals surface area (Å²) >= 11 is 4.14. The van der Waals surface area contributed by atoms with E-state index >= 15 is 0 Å². The Morgan fingerprint density at radius 3 is 2.92 bits per heavy atom. The fourth-order valence-electron chi connectivity index (χ4n) is 1.62. The van der Waals surface area contributed by atoms with Gasteiger partial charge in [0.1, 0.15) is 0 Å². The van der Waals surface area contributed by atoms with Crippen LogP contribution < -0.4 is 5.32 Å². The minimum absolute atomic E-state index is 0.646. The molecule has 2 aliphatic rings. The minimum atomic E-state index is 0.646. The smallest absolute Gasteiger partial charge is 0.0282 e. The van der Waals surface area contributed by atoms with Crippen LogP contribution in [0.25, 0.3) is 0 Å². The van der Waals surface area contributed by atoms with E-state index in [2.05, 4.69) is 35.1 Å². The molecular formula is C9H17NS2. The summed E-state index contributed by atoms with van der Waals surface area (Å²) in [6.45, 7) is 1.25. The van der Waals surface area contributed by atoms with Gasteiger partial charge in [0, 0.05) is 23.1 Å². The van der Waals surface area contributed by atoms with Gasteiger partial charge in [-0.25, -0.2) is 0 Å². The molecule has 1 N–H and O–H groups in total. The third-order valence-electron chi connectivity index (χ3n) is 2.88. The molecule has 1 unspecified atom stereocenters. The Bertz CT molecular complexity index is 151. The van der Waals surface area contributed by atoms with Crippen molar-refractivity contribution in [1.82, 2.24) is 5.32 Å². The number of hydrogen-bond acceptors (Lipinski definition) is 3. The van der Waals surface area contributed by atoms with Crippen LogP contribution in [0.15, 0.2) is 0 Å². The monoisotopic (exact) mass is 203 g/mol. The fraction of sp³-hybridized carbons (Fsp3) is 1.00. The van der Waals surface area contributed by atoms with Crippen LogP contribution in [-0.2, 0) is 0 Å². The van der Waals surface area contributed by atoms with E-state index in [1.807, 2.05) is 0 Å². The predicted molar refractivity (Wildman–Crippen MR) is 59.2 cm³/mol. The van der Waals surface area contributed by atoms with Gasteiger partial charge in [0.15, 0.2) is 0 Å². The van der Waals surface area contributed by atoms with Gasteiger partial charge in [0.2, 0.25) is 0 Å². The van der Waals surface area contributed by atoms with Crippen molar-refractivity contribution in [3.63, 3.8) is 0 Å². The van der Waals surface area contributed by atoms with Crippen LogP contribution in [0.4, 0.5) is 0 Å². The van der Waals surface area contributed by atoms with E-state index < -0.39 is 0 Å². The zero-order valence-corrected chi connectivity index (χ0v) is 9.27. The van der Waals surface area contributed by atoms with Crippen LogP contribution in [0.3, 0.4) is 0 Å². The predicted octanol–water partition coefficient (Wildman–Crippen LogP) is 1.98. The van der Waals surface area contributed by atoms with Gasteiger partial charge in [0.05, 0.1) is 0 Å². The maximum absolute atomic E-state index is 3.69. The average molecular weight is 203 g/mol. The highest BCUT2D eigenvalue weighted by Gasteiger charge is 2.41. The minimum Gasteiger partial charge on any atom is -0.312 e. The molecule has 1 saturated heterocycles. The Labute approximate surface area is 83.4 Å². The van der Waals surface area contributed by atoms with Gasteiger partial charge < -0.3 is 5.32 Å². The molecule has 12 heavy (non-hydrogen) atoms. The first-order valence-corrected chi connectivity index (χ1v) is 7.09. The summed E-state index contributed by atoms with van der Waals surface area (Å²) in [6.07, 6.45) is 6.50. The first-order chi connectivity index (χ1) is 5.85. The average Bonchev–Trinajstić information content (AvgIpc) is 2.70. The van der Waals surface area contributed by atoms with Gasteiger partial charge in [-0.1, -0.05) is 0 Å². The molecule has 1 aliphatic carbocycles. The summed E-state index contributed by atoms with van der Waals surface area (Å²) in [5.41, 5.74) is 0. The summed E-state index contributed by atoms with van der Waals surface area (Å²) in [5, 5.41) is 3.69. The normalized spacial score (nSPS) is 32.2. The lowest BCUT2D eigenvalue weighted by atomic mass is 10.2. The SMILES string of the molecule is CSC1(CNC2CCSC2)CC1. The highest BCUT2D eigenvalue weighted by atomic mass is 32.2. The molecule has 1 saturated carbocycles. The van der Waals surface area contributed by atoms with E-state index in [1.54, 1.807) is 0 Å². The molecule has 2 rings (SSSR count). The lowest BCUT2D eigenvalue weighted by Crippen LogP contribution is -2.35. The van der Waals surface area contributed by atoms with Gasteiger partial charge in [-0.05, 0) is 31.3 Å². The van der Waals surface area contributed by atoms with Crippen LogP contribution in [-0.4, -0.2) is 35.1 Å². The van der Waals surface area contributed by atoms with Crippen molar-refractivity contribution < 1.29 is 0 Å². The van der Waals surface area contributed by atoms with E-state index in [0.717, 1.165) is 6.04 Å². The molecule has 2 fully saturated rings. The number of nitrogens with one attached hydrogen (secondary N) is 1. The number of thioether (sulfide) groups is 2. The number of rotatable bonds is 4. The number of hydrogen-bond donors (Lipinski definition) is 1. The van der Waals surface area contributed by atoms with Crippen LogP contribution in [0.1, 0.15) is 19.3 Å². The molecule has 0 aromatic heterocycles. The molecule has 0 amide bonds. The van der Waals surface area contributed by atoms with E-state index in [1.165, 1.54) is 37.3 Å². The molecular weight excluding hydrogens is 186 g/mol. The second kappa shape index (κ2) is 3.81. The van der Waals surface area contributed by atoms with E-state index in [9.17, 15) is 0 Å². The highest BCUT2D eigenvalue weighted by molar-refractivity contribution is 8.00. The molecule has 0 aromatic carbocycles. The van der Waals surface area contributed by atoms with Gasteiger partial charge in [-0.15, -0.1) is 0 Å². The van der Waals surface area contributed by atoms with E-state index in [4.69, 9.17) is 0 Å². The first kappa shape index (κ1) is 9.22. The highest BCUT2D eigenvalue weighted by Crippen LogP contribution is 2.46. The van der Waals surface area contributed by atoms with Crippen LogP contribution >= 0.6 is 23.5 Å². The molecule has 1 atom stereocenters. The van der Waals surface area contributed by atoms with Crippen molar-refractivity contribution in [2.75, 3.05) is 24.3 Å². The standard InChI is InChI=1S/C9H17NS2/c1-11-9(3-4-9)7-10-8-2-5-12-6-8/h8,10H,2-7H2,1H3. The second-order valence-corrected chi connectivity index (χ2v) is 6.25. The van der Waals surface area contributed by atoms with Gasteiger partial charge in [-0.2, -0.15) is 23.5 Å². The molecule has 0 bridgehead atoms. The van der Waals surface area contributed by atoms with Crippen molar-refractivity contribution in [3.8, 4) is 0 Å². The molecule has 1 nitrogen and oxygen atoms in total. The Morgan fingerprint density at radius 1 is 1.58 bits per heavy atom. The Morgan fingerprint density at radius 2 is 2.42 bits per heavy atom. The van der Waals surface area contributed by atoms with Gasteiger partial charge in [0.25, 0.3) is 0 Å². The molecule has 0 aromatic rings. The van der Waals surface area contributed by atoms with Crippen molar-refractivity contribution >= 4 is 23.5 Å². The van der Waals surface area contributed by atoms with Crippen molar-refractivity contribution in [1.29, 1.82) is 0 Å². The summed E-state index contributed by atoms with van der Waals surface area (Å²) in [6, 6.07) is 0.819. The van der Waals surface area contributed by atoms with Gasteiger partial charge >= 0.3 is 0 Å². The fourth-order valence-corrected chi connectivity index (χ4v) is 3.54. The molecule has 1 aliphatic heterocycles. The van der Waals surface area contributed by atoms with Crippen LogP contribution in [0.2, 0.25) is 0 Å². The van der Waals surface area contributed by atoms with Gasteiger partial charge in [-0.3, -0.25) is 0 Å². The lowest BCUT2D eigenvalue weighted by Gasteiger charge is -2.16. The molecule has 70 valence electrons. The van der Waals surface area contributed by atoms with E-state index in [-0.39, 0.29) is 0 Å². The van der Waals surface area contributed by atoms with Crippen molar-refractivity contribution in [2.45, 2.75) is 30.1 Å². The van der Waals surface area contributed by atoms with E-state index in [0.29, 0.717) is 4.75 Å². The summed E-state index contributed by atoms with van der Waals surface area (Å²) < 4.78 is 0.646. The van der Waals surface area contributed by atoms with Crippen molar-refractivity contribution in [2.24, 2.45) is 0 Å². The molecule has 1 heterocycles. The third-order valence-corrected chi connectivity index (χ3v) is 5.46. The molecule has 0 radical (unpaired) electrons. The largest absolute Gasteiger partial charge is 0.312 e. The maximum atomic E-state index is 3.69. The Balaban J connectivity index is 1.67. The van der Waals surface area contributed by atoms with Crippen molar-refractivity contribution in [3.05, 3.63) is 0 Å². The molecule has 3 heteroatoms. The quantitative estimate of drug-likeness (QED) is 0.750. The zero-order chi connectivity index (χ0) is 8.44. The van der Waals surface area contributed by atoms with Crippen LogP contribution in [0.5, 0.6) is 0 Å².